The third kappa shape index (κ3) is 3.92. The van der Waals surface area contributed by atoms with E-state index in [9.17, 15) is 9.59 Å². The van der Waals surface area contributed by atoms with E-state index in [-0.39, 0.29) is 0 Å². The van der Waals surface area contributed by atoms with Gasteiger partial charge in [0.2, 0.25) is 0 Å². The average molecular weight is 254 g/mol. The van der Waals surface area contributed by atoms with Crippen LogP contribution in [0.2, 0.25) is 5.02 Å². The Morgan fingerprint density at radius 3 is 2.71 bits per heavy atom. The van der Waals surface area contributed by atoms with Crippen molar-refractivity contribution in [2.45, 2.75) is 6.92 Å². The van der Waals surface area contributed by atoms with Crippen LogP contribution in [0.25, 0.3) is 0 Å². The molecule has 0 fully saturated rings. The molecule has 0 radical (unpaired) electrons. The summed E-state index contributed by atoms with van der Waals surface area (Å²) < 4.78 is 0. The normalized spacial score (nSPS) is 10.5. The van der Waals surface area contributed by atoms with Crippen LogP contribution in [0.15, 0.2) is 36.4 Å². The Morgan fingerprint density at radius 2 is 2.18 bits per heavy atom. The van der Waals surface area contributed by atoms with E-state index in [0.717, 1.165) is 4.90 Å². The number of aliphatic carboxylic acids is 1. The van der Waals surface area contributed by atoms with Gasteiger partial charge >= 0.3 is 5.97 Å². The van der Waals surface area contributed by atoms with Crippen molar-refractivity contribution in [3.63, 3.8) is 0 Å². The van der Waals surface area contributed by atoms with E-state index in [1.807, 2.05) is 0 Å². The predicted molar refractivity (Wildman–Crippen MR) is 66.3 cm³/mol. The van der Waals surface area contributed by atoms with E-state index in [2.05, 4.69) is 0 Å². The first-order valence-electron chi connectivity index (χ1n) is 4.96. The highest BCUT2D eigenvalue weighted by Gasteiger charge is 2.16. The van der Waals surface area contributed by atoms with Crippen molar-refractivity contribution in [2.24, 2.45) is 0 Å². The molecule has 0 atom stereocenters. The van der Waals surface area contributed by atoms with Gasteiger partial charge in [-0.15, -0.1) is 0 Å². The van der Waals surface area contributed by atoms with Crippen LogP contribution in [0.5, 0.6) is 0 Å². The van der Waals surface area contributed by atoms with Gasteiger partial charge in [0.05, 0.1) is 0 Å². The Bertz CT molecular complexity index is 457. The van der Waals surface area contributed by atoms with E-state index in [0.29, 0.717) is 10.7 Å². The lowest BCUT2D eigenvalue weighted by atomic mass is 10.2. The number of anilines is 1. The second kappa shape index (κ2) is 6.06. The molecule has 0 aliphatic rings. The first-order valence-corrected chi connectivity index (χ1v) is 5.34. The van der Waals surface area contributed by atoms with Crippen LogP contribution in [0.1, 0.15) is 6.92 Å². The van der Waals surface area contributed by atoms with Crippen molar-refractivity contribution in [2.75, 3.05) is 11.4 Å². The average Bonchev–Trinajstić information content (AvgIpc) is 2.26. The Balaban J connectivity index is 3.05. The molecular weight excluding hydrogens is 242 g/mol. The summed E-state index contributed by atoms with van der Waals surface area (Å²) in [5.41, 5.74) is 0.461. The molecule has 0 aliphatic heterocycles. The van der Waals surface area contributed by atoms with Crippen molar-refractivity contribution < 1.29 is 14.7 Å². The van der Waals surface area contributed by atoms with E-state index < -0.39 is 18.4 Å². The first kappa shape index (κ1) is 13.3. The number of allylic oxidation sites excluding steroid dienone is 1. The number of amides is 1. The molecule has 0 aromatic heterocycles. The van der Waals surface area contributed by atoms with Crippen LogP contribution in [0, 0.1) is 0 Å². The standard InChI is InChI=1S/C12H12ClNO3/c1-2-4-11(15)14(8-12(16)17)10-6-3-5-9(13)7-10/h2-7H,8H2,1H3,(H,16,17). The number of benzene rings is 1. The number of carbonyl (C=O) groups excluding carboxylic acids is 1. The number of carboxylic acids is 1. The monoisotopic (exact) mass is 253 g/mol. The molecule has 5 heteroatoms. The lowest BCUT2D eigenvalue weighted by Gasteiger charge is -2.19. The molecule has 0 heterocycles. The van der Waals surface area contributed by atoms with E-state index in [4.69, 9.17) is 16.7 Å². The Labute approximate surface area is 104 Å². The number of nitrogens with zero attached hydrogens (tertiary/aromatic N) is 1. The number of rotatable bonds is 4. The smallest absolute Gasteiger partial charge is 0.323 e. The number of carbonyl (C=O) groups is 2. The largest absolute Gasteiger partial charge is 0.480 e. The van der Waals surface area contributed by atoms with Crippen molar-refractivity contribution in [3.8, 4) is 0 Å². The third-order valence-corrected chi connectivity index (χ3v) is 2.22. The molecule has 0 saturated heterocycles. The topological polar surface area (TPSA) is 57.6 Å². The molecule has 90 valence electrons. The van der Waals surface area contributed by atoms with Crippen LogP contribution in [-0.4, -0.2) is 23.5 Å². The fourth-order valence-electron chi connectivity index (χ4n) is 1.31. The van der Waals surface area contributed by atoms with Gasteiger partial charge in [-0.2, -0.15) is 0 Å². The van der Waals surface area contributed by atoms with Crippen molar-refractivity contribution >= 4 is 29.2 Å². The number of hydrogen-bond acceptors (Lipinski definition) is 2. The highest BCUT2D eigenvalue weighted by atomic mass is 35.5. The summed E-state index contributed by atoms with van der Waals surface area (Å²) in [7, 11) is 0. The maximum absolute atomic E-state index is 11.7. The zero-order valence-corrected chi connectivity index (χ0v) is 10.0. The van der Waals surface area contributed by atoms with Gasteiger partial charge in [0, 0.05) is 10.7 Å². The van der Waals surface area contributed by atoms with E-state index in [1.54, 1.807) is 37.3 Å². The Kier molecular flexibility index (Phi) is 4.72. The van der Waals surface area contributed by atoms with Crippen molar-refractivity contribution in [1.82, 2.24) is 0 Å². The minimum Gasteiger partial charge on any atom is -0.480 e. The second-order valence-electron chi connectivity index (χ2n) is 3.30. The van der Waals surface area contributed by atoms with Gasteiger partial charge in [0.1, 0.15) is 6.54 Å². The molecule has 0 saturated carbocycles. The van der Waals surface area contributed by atoms with Crippen LogP contribution < -0.4 is 4.90 Å². The van der Waals surface area contributed by atoms with Gasteiger partial charge < -0.3 is 5.11 Å². The lowest BCUT2D eigenvalue weighted by Crippen LogP contribution is -2.34. The van der Waals surface area contributed by atoms with Gasteiger partial charge in [0.15, 0.2) is 0 Å². The summed E-state index contributed by atoms with van der Waals surface area (Å²) in [6.45, 7) is 1.29. The third-order valence-electron chi connectivity index (χ3n) is 1.99. The molecule has 1 aromatic rings. The molecule has 0 bridgehead atoms. The van der Waals surface area contributed by atoms with E-state index >= 15 is 0 Å². The maximum atomic E-state index is 11.7. The van der Waals surface area contributed by atoms with Crippen molar-refractivity contribution in [1.29, 1.82) is 0 Å². The highest BCUT2D eigenvalue weighted by molar-refractivity contribution is 6.31. The summed E-state index contributed by atoms with van der Waals surface area (Å²) in [5.74, 6) is -1.47. The molecule has 0 unspecified atom stereocenters. The fraction of sp³-hybridized carbons (Fsp3) is 0.167. The van der Waals surface area contributed by atoms with Crippen LogP contribution >= 0.6 is 11.6 Å². The number of hydrogen-bond donors (Lipinski definition) is 1. The van der Waals surface area contributed by atoms with Crippen LogP contribution in [-0.2, 0) is 9.59 Å². The Morgan fingerprint density at radius 1 is 1.47 bits per heavy atom. The summed E-state index contributed by atoms with van der Waals surface area (Å²) in [6.07, 6.45) is 2.87. The molecule has 1 amide bonds. The molecule has 1 rings (SSSR count). The molecule has 0 spiro atoms. The zero-order chi connectivity index (χ0) is 12.8. The van der Waals surface area contributed by atoms with Crippen LogP contribution in [0.4, 0.5) is 5.69 Å². The molecule has 1 N–H and O–H groups in total. The maximum Gasteiger partial charge on any atom is 0.323 e. The number of halogens is 1. The highest BCUT2D eigenvalue weighted by Crippen LogP contribution is 2.19. The lowest BCUT2D eigenvalue weighted by molar-refractivity contribution is -0.136. The summed E-state index contributed by atoms with van der Waals surface area (Å²) in [6, 6.07) is 6.50. The molecule has 0 aliphatic carbocycles. The zero-order valence-electron chi connectivity index (χ0n) is 9.26. The van der Waals surface area contributed by atoms with Gasteiger partial charge in [-0.3, -0.25) is 14.5 Å². The number of carboxylic acid groups (broad SMARTS) is 1. The molecular formula is C12H12ClNO3. The quantitative estimate of drug-likeness (QED) is 0.838. The minimum absolute atomic E-state index is 0.392. The van der Waals surface area contributed by atoms with Gasteiger partial charge in [0.25, 0.3) is 5.91 Å². The van der Waals surface area contributed by atoms with E-state index in [1.165, 1.54) is 6.08 Å². The first-order chi connectivity index (χ1) is 8.04. The van der Waals surface area contributed by atoms with Crippen LogP contribution in [0.3, 0.4) is 0 Å². The second-order valence-corrected chi connectivity index (χ2v) is 3.73. The Hall–Kier alpha value is -1.81. The minimum atomic E-state index is -1.08. The summed E-state index contributed by atoms with van der Waals surface area (Å²) in [4.78, 5) is 23.6. The molecule has 4 nitrogen and oxygen atoms in total. The van der Waals surface area contributed by atoms with Gasteiger partial charge in [-0.25, -0.2) is 0 Å². The van der Waals surface area contributed by atoms with Gasteiger partial charge in [-0.05, 0) is 31.2 Å². The fourth-order valence-corrected chi connectivity index (χ4v) is 1.49. The van der Waals surface area contributed by atoms with Crippen molar-refractivity contribution in [3.05, 3.63) is 41.4 Å². The summed E-state index contributed by atoms with van der Waals surface area (Å²) in [5, 5.41) is 9.23. The molecule has 17 heavy (non-hydrogen) atoms. The SMILES string of the molecule is CC=CC(=O)N(CC(=O)O)c1cccc(Cl)c1. The summed E-state index contributed by atoms with van der Waals surface area (Å²) >= 11 is 5.80. The molecule has 1 aromatic carbocycles. The van der Waals surface area contributed by atoms with Gasteiger partial charge in [-0.1, -0.05) is 23.7 Å². The predicted octanol–water partition coefficient (Wildman–Crippen LogP) is 2.33.